The van der Waals surface area contributed by atoms with Gasteiger partial charge in [-0.15, -0.1) is 26.3 Å². The molecule has 0 N–H and O–H groups in total. The molecule has 1 aliphatic carbocycles. The van der Waals surface area contributed by atoms with Gasteiger partial charge in [-0.05, 0) is 49.1 Å². The molecule has 0 saturated carbocycles. The van der Waals surface area contributed by atoms with E-state index >= 15 is 0 Å². The van der Waals surface area contributed by atoms with Crippen molar-refractivity contribution in [2.75, 3.05) is 0 Å². The molecule has 0 saturated heterocycles. The first-order valence-corrected chi connectivity index (χ1v) is 8.86. The van der Waals surface area contributed by atoms with E-state index in [1.165, 1.54) is 27.4 Å². The zero-order chi connectivity index (χ0) is 17.0. The molecule has 124 valence electrons. The van der Waals surface area contributed by atoms with E-state index in [-0.39, 0.29) is 5.82 Å². The lowest BCUT2D eigenvalue weighted by Crippen LogP contribution is -2.05. The predicted molar refractivity (Wildman–Crippen MR) is 92.3 cm³/mol. The number of hydrogen-bond donors (Lipinski definition) is 0. The number of fused-ring (bicyclic) bond motifs is 3. The first kappa shape index (κ1) is 14.6. The van der Waals surface area contributed by atoms with Crippen LogP contribution in [0.2, 0.25) is 0 Å². The number of hydrogen-bond acceptors (Lipinski definition) is 6. The molecule has 0 radical (unpaired) electrons. The third-order valence-corrected chi connectivity index (χ3v) is 5.53. The third kappa shape index (κ3) is 2.32. The summed E-state index contributed by atoms with van der Waals surface area (Å²) in [5, 5.41) is 13.7. The molecule has 1 aromatic carbocycles. The molecule has 1 aliphatic rings. The lowest BCUT2D eigenvalue weighted by molar-refractivity contribution is 0.628. The van der Waals surface area contributed by atoms with Crippen molar-refractivity contribution in [1.29, 1.82) is 0 Å². The number of tetrazole rings is 1. The maximum atomic E-state index is 13.5. The van der Waals surface area contributed by atoms with Crippen LogP contribution in [0.4, 0.5) is 4.39 Å². The van der Waals surface area contributed by atoms with Gasteiger partial charge in [0.25, 0.3) is 0 Å². The van der Waals surface area contributed by atoms with Gasteiger partial charge >= 0.3 is 0 Å². The van der Waals surface area contributed by atoms with Crippen LogP contribution in [0, 0.1) is 12.7 Å². The van der Waals surface area contributed by atoms with Crippen LogP contribution in [0.25, 0.3) is 27.4 Å². The number of aromatic nitrogens is 6. The monoisotopic (exact) mass is 352 g/mol. The Morgan fingerprint density at radius 1 is 1.20 bits per heavy atom. The van der Waals surface area contributed by atoms with Gasteiger partial charge in [-0.2, -0.15) is 0 Å². The number of thiophene rings is 1. The van der Waals surface area contributed by atoms with Crippen molar-refractivity contribution < 1.29 is 4.39 Å². The van der Waals surface area contributed by atoms with Gasteiger partial charge in [-0.3, -0.25) is 0 Å². The van der Waals surface area contributed by atoms with E-state index in [9.17, 15) is 4.39 Å². The molecule has 3 aromatic heterocycles. The van der Waals surface area contributed by atoms with E-state index in [2.05, 4.69) is 25.4 Å². The quantitative estimate of drug-likeness (QED) is 0.554. The fourth-order valence-electron chi connectivity index (χ4n) is 3.27. The fourth-order valence-corrected chi connectivity index (χ4v) is 4.57. The standard InChI is InChI=1S/C17H13FN6S/c1-9-19-16(14-12-6-3-7-13(12)25-17(14)20-9)24-22-15(21-23-24)10-4-2-5-11(18)8-10/h2,4-5,8H,3,6-7H2,1H3. The molecule has 3 heterocycles. The summed E-state index contributed by atoms with van der Waals surface area (Å²) in [4.78, 5) is 12.9. The summed E-state index contributed by atoms with van der Waals surface area (Å²) in [6.07, 6.45) is 3.28. The second-order valence-corrected chi connectivity index (χ2v) is 7.13. The summed E-state index contributed by atoms with van der Waals surface area (Å²) in [5.41, 5.74) is 1.89. The minimum absolute atomic E-state index is 0.329. The van der Waals surface area contributed by atoms with Crippen molar-refractivity contribution >= 4 is 21.6 Å². The topological polar surface area (TPSA) is 69.4 Å². The molecule has 25 heavy (non-hydrogen) atoms. The van der Waals surface area contributed by atoms with Gasteiger partial charge in [-0.1, -0.05) is 12.1 Å². The predicted octanol–water partition coefficient (Wildman–Crippen LogP) is 3.27. The molecule has 0 spiro atoms. The second-order valence-electron chi connectivity index (χ2n) is 6.04. The van der Waals surface area contributed by atoms with Crippen molar-refractivity contribution in [3.8, 4) is 17.2 Å². The highest BCUT2D eigenvalue weighted by molar-refractivity contribution is 7.19. The minimum Gasteiger partial charge on any atom is -0.222 e. The SMILES string of the molecule is Cc1nc(-n2nnc(-c3cccc(F)c3)n2)c2c3c(sc2n1)CCC3. The Balaban J connectivity index is 1.69. The van der Waals surface area contributed by atoms with E-state index in [1.54, 1.807) is 23.5 Å². The molecule has 0 fully saturated rings. The van der Waals surface area contributed by atoms with Crippen LogP contribution in [0.15, 0.2) is 24.3 Å². The molecule has 0 amide bonds. The molecule has 4 aromatic rings. The average molecular weight is 352 g/mol. The summed E-state index contributed by atoms with van der Waals surface area (Å²) < 4.78 is 13.5. The van der Waals surface area contributed by atoms with Gasteiger partial charge in [0.15, 0.2) is 5.82 Å². The Morgan fingerprint density at radius 2 is 2.12 bits per heavy atom. The van der Waals surface area contributed by atoms with E-state index in [1.807, 2.05) is 6.92 Å². The Kier molecular flexibility index (Phi) is 3.14. The first-order valence-electron chi connectivity index (χ1n) is 8.04. The Bertz CT molecular complexity index is 1120. The maximum absolute atomic E-state index is 13.5. The van der Waals surface area contributed by atoms with Crippen LogP contribution in [0.3, 0.4) is 0 Å². The highest BCUT2D eigenvalue weighted by Crippen LogP contribution is 2.38. The zero-order valence-corrected chi connectivity index (χ0v) is 14.2. The average Bonchev–Trinajstić information content (AvgIpc) is 3.29. The van der Waals surface area contributed by atoms with Crippen LogP contribution < -0.4 is 0 Å². The van der Waals surface area contributed by atoms with Crippen LogP contribution in [0.5, 0.6) is 0 Å². The van der Waals surface area contributed by atoms with Crippen LogP contribution in [-0.2, 0) is 12.8 Å². The van der Waals surface area contributed by atoms with Gasteiger partial charge in [0.05, 0.1) is 5.39 Å². The van der Waals surface area contributed by atoms with Gasteiger partial charge in [0.2, 0.25) is 5.82 Å². The van der Waals surface area contributed by atoms with Crippen LogP contribution in [-0.4, -0.2) is 30.2 Å². The molecule has 6 nitrogen and oxygen atoms in total. The largest absolute Gasteiger partial charge is 0.222 e. The third-order valence-electron chi connectivity index (χ3n) is 4.34. The smallest absolute Gasteiger partial charge is 0.205 e. The van der Waals surface area contributed by atoms with Crippen LogP contribution >= 0.6 is 11.3 Å². The molecule has 0 unspecified atom stereocenters. The highest BCUT2D eigenvalue weighted by atomic mass is 32.1. The zero-order valence-electron chi connectivity index (χ0n) is 13.4. The number of rotatable bonds is 2. The normalized spacial score (nSPS) is 13.5. The maximum Gasteiger partial charge on any atom is 0.205 e. The molecular formula is C17H13FN6S. The van der Waals surface area contributed by atoms with Gasteiger partial charge in [0, 0.05) is 10.4 Å². The van der Waals surface area contributed by atoms with Crippen molar-refractivity contribution in [3.05, 3.63) is 46.3 Å². The Hall–Kier alpha value is -2.74. The minimum atomic E-state index is -0.329. The van der Waals surface area contributed by atoms with E-state index in [0.29, 0.717) is 23.0 Å². The second kappa shape index (κ2) is 5.38. The fraction of sp³-hybridized carbons (Fsp3) is 0.235. The summed E-state index contributed by atoms with van der Waals surface area (Å²) in [6.45, 7) is 1.86. The Labute approximate surface area is 146 Å². The van der Waals surface area contributed by atoms with Crippen molar-refractivity contribution in [2.24, 2.45) is 0 Å². The first-order chi connectivity index (χ1) is 12.2. The molecule has 0 atom stereocenters. The van der Waals surface area contributed by atoms with Crippen LogP contribution in [0.1, 0.15) is 22.7 Å². The van der Waals surface area contributed by atoms with Gasteiger partial charge < -0.3 is 0 Å². The number of benzene rings is 1. The lowest BCUT2D eigenvalue weighted by atomic mass is 10.2. The highest BCUT2D eigenvalue weighted by Gasteiger charge is 2.23. The van der Waals surface area contributed by atoms with Crippen molar-refractivity contribution in [1.82, 2.24) is 30.2 Å². The van der Waals surface area contributed by atoms with E-state index in [0.717, 1.165) is 29.5 Å². The number of aryl methyl sites for hydroxylation is 3. The molecule has 8 heteroatoms. The van der Waals surface area contributed by atoms with Gasteiger partial charge in [0.1, 0.15) is 16.5 Å². The molecule has 5 rings (SSSR count). The van der Waals surface area contributed by atoms with Gasteiger partial charge in [-0.25, -0.2) is 14.4 Å². The summed E-state index contributed by atoms with van der Waals surface area (Å²) in [5.74, 6) is 1.37. The van der Waals surface area contributed by atoms with Crippen molar-refractivity contribution in [2.45, 2.75) is 26.2 Å². The number of nitrogens with zero attached hydrogens (tertiary/aromatic N) is 6. The molecular weight excluding hydrogens is 339 g/mol. The number of halogens is 1. The molecule has 0 bridgehead atoms. The van der Waals surface area contributed by atoms with Crippen molar-refractivity contribution in [3.63, 3.8) is 0 Å². The lowest BCUT2D eigenvalue weighted by Gasteiger charge is -2.03. The van der Waals surface area contributed by atoms with E-state index in [4.69, 9.17) is 0 Å². The van der Waals surface area contributed by atoms with E-state index < -0.39 is 0 Å². The Morgan fingerprint density at radius 3 is 3.00 bits per heavy atom. The molecule has 0 aliphatic heterocycles. The summed E-state index contributed by atoms with van der Waals surface area (Å²) in [6, 6.07) is 6.17. The summed E-state index contributed by atoms with van der Waals surface area (Å²) in [7, 11) is 0. The summed E-state index contributed by atoms with van der Waals surface area (Å²) >= 11 is 1.72.